The maximum atomic E-state index is 13.1. The molecule has 0 aromatic rings. The number of unbranched alkanes of at least 4 members (excludes halogenated alkanes) is 31. The summed E-state index contributed by atoms with van der Waals surface area (Å²) in [6.45, 7) is 4.68. The van der Waals surface area contributed by atoms with Crippen molar-refractivity contribution in [1.82, 2.24) is 0 Å². The maximum Gasteiger partial charge on any atom is 0.472 e. The Hall–Kier alpha value is -4.80. The van der Waals surface area contributed by atoms with Crippen LogP contribution in [0.25, 0.3) is 0 Å². The van der Waals surface area contributed by atoms with Crippen molar-refractivity contribution in [1.29, 1.82) is 0 Å². The second kappa shape index (κ2) is 80.3. The highest BCUT2D eigenvalue weighted by Gasteiger charge is 2.30. The first-order valence-electron chi connectivity index (χ1n) is 42.4. The Morgan fingerprint density at radius 2 is 0.472 bits per heavy atom. The van der Waals surface area contributed by atoms with Crippen LogP contribution in [0.2, 0.25) is 0 Å². The Labute approximate surface area is 656 Å². The molecule has 620 valence electrons. The Bertz CT molecular complexity index is 2560. The molecule has 0 amide bonds. The smallest absolute Gasteiger partial charge is 0.462 e. The van der Waals surface area contributed by atoms with Crippen molar-refractivity contribution in [3.63, 3.8) is 0 Å². The Morgan fingerprint density at radius 3 is 0.796 bits per heavy atom. The van der Waals surface area contributed by atoms with E-state index in [4.69, 9.17) is 37.0 Å². The topological polar surface area (TPSA) is 237 Å². The van der Waals surface area contributed by atoms with Gasteiger partial charge in [-0.05, 0) is 128 Å². The van der Waals surface area contributed by atoms with Crippen molar-refractivity contribution in [3.8, 4) is 0 Å². The predicted octanol–water partition coefficient (Wildman–Crippen LogP) is 25.2. The zero-order valence-electron chi connectivity index (χ0n) is 68.0. The Kier molecular flexibility index (Phi) is 76.7. The first kappa shape index (κ1) is 103. The SMILES string of the molecule is CCCCC/C=C\C/C=C\C/C=C\C/C=C\C/C=C\CCC(=O)OC[C@H](COP(=O)(O)OC[C@@H](O)COP(=O)(O)OC[C@@H](COC(=O)CCCCCCCCCCCCCCCCC)OC(=O)CC/C=C\C/C=C\C/C=C\C/C=C\C/C=C\CCCCC)OC(=O)CCCCCCC/C=C\CCCCCCCC. The molecular weight excluding hydrogens is 1400 g/mol. The van der Waals surface area contributed by atoms with Crippen molar-refractivity contribution >= 4 is 39.5 Å². The van der Waals surface area contributed by atoms with E-state index < -0.39 is 97.5 Å². The van der Waals surface area contributed by atoms with Crippen LogP contribution in [0.5, 0.6) is 0 Å². The molecule has 0 heterocycles. The number of esters is 4. The lowest BCUT2D eigenvalue weighted by Gasteiger charge is -2.21. The number of phosphoric acid groups is 2. The monoisotopic (exact) mass is 1560 g/mol. The molecule has 5 atom stereocenters. The molecule has 0 aromatic heterocycles. The highest BCUT2D eigenvalue weighted by Crippen LogP contribution is 2.45. The van der Waals surface area contributed by atoms with E-state index in [0.717, 1.165) is 116 Å². The van der Waals surface area contributed by atoms with Crippen molar-refractivity contribution in [2.24, 2.45) is 0 Å². The molecule has 2 unspecified atom stereocenters. The minimum atomic E-state index is -5.01. The number of hydrogen-bond donors (Lipinski definition) is 3. The van der Waals surface area contributed by atoms with Gasteiger partial charge in [-0.15, -0.1) is 0 Å². The molecule has 0 saturated carbocycles. The summed E-state index contributed by atoms with van der Waals surface area (Å²) in [6.07, 6.45) is 91.6. The van der Waals surface area contributed by atoms with Crippen LogP contribution in [0.3, 0.4) is 0 Å². The third kappa shape index (κ3) is 79.3. The Morgan fingerprint density at radius 1 is 0.259 bits per heavy atom. The zero-order valence-corrected chi connectivity index (χ0v) is 69.8. The first-order chi connectivity index (χ1) is 52.7. The highest BCUT2D eigenvalue weighted by atomic mass is 31.2. The summed E-state index contributed by atoms with van der Waals surface area (Å²) in [5.74, 6) is -2.37. The molecule has 0 spiro atoms. The number of aliphatic hydroxyl groups excluding tert-OH is 1. The summed E-state index contributed by atoms with van der Waals surface area (Å²) < 4.78 is 68.6. The Balaban J connectivity index is 5.50. The molecule has 3 N–H and O–H groups in total. The summed E-state index contributed by atoms with van der Waals surface area (Å²) in [5, 5.41) is 10.7. The molecule has 108 heavy (non-hydrogen) atoms. The number of hydrogen-bond acceptors (Lipinski definition) is 15. The van der Waals surface area contributed by atoms with E-state index in [1.54, 1.807) is 0 Å². The minimum absolute atomic E-state index is 0.0307. The maximum absolute atomic E-state index is 13.1. The van der Waals surface area contributed by atoms with Crippen LogP contribution in [0.1, 0.15) is 349 Å². The van der Waals surface area contributed by atoms with E-state index in [1.807, 2.05) is 30.4 Å². The lowest BCUT2D eigenvalue weighted by atomic mass is 10.0. The molecule has 17 nitrogen and oxygen atoms in total. The predicted molar refractivity (Wildman–Crippen MR) is 445 cm³/mol. The van der Waals surface area contributed by atoms with Crippen molar-refractivity contribution < 1.29 is 80.2 Å². The van der Waals surface area contributed by atoms with Gasteiger partial charge in [0.25, 0.3) is 0 Å². The average molecular weight is 1560 g/mol. The van der Waals surface area contributed by atoms with E-state index in [1.165, 1.54) is 141 Å². The lowest BCUT2D eigenvalue weighted by molar-refractivity contribution is -0.161. The van der Waals surface area contributed by atoms with Crippen LogP contribution < -0.4 is 0 Å². The standard InChI is InChI=1S/C89H152O17P2/c1-5-9-13-17-21-25-29-33-37-39-41-43-47-50-54-58-62-66-70-74-87(92)100-80-84(105-88(93)75-71-67-63-59-55-51-46-36-32-28-24-20-16-12-8-4)81-103-107(95,96)101-77-83(90)78-102-108(97,98)104-82-85(79-99-86(91)73-69-65-61-57-53-49-45-35-31-27-23-19-15-11-7-3)106-89(94)76-72-68-64-60-56-52-48-44-42-40-38-34-30-26-22-18-14-10-6-2/h21-22,25-26,33-34,36-38,41-44,46,50,52,54,56,62,64,66,68,83-85,90H,5-20,23-24,27-32,35,39-40,45,47-49,51,53,55,57-61,63,65,67,69-82H2,1-4H3,(H,95,96)(H,97,98)/b25-21-,26-22-,37-33-,38-34-,43-41-,44-42-,46-36-,54-50-,56-52-,66-62-,68-64-/t83-,84-,85-/m1/s1. The fraction of sp³-hybridized carbons (Fsp3) is 0.708. The molecule has 0 aliphatic rings. The summed E-state index contributed by atoms with van der Waals surface area (Å²) in [7, 11) is -10.0. The van der Waals surface area contributed by atoms with Gasteiger partial charge in [0.2, 0.25) is 0 Å². The summed E-state index contributed by atoms with van der Waals surface area (Å²) in [4.78, 5) is 73.1. The molecule has 0 saturated heterocycles. The van der Waals surface area contributed by atoms with Gasteiger partial charge in [-0.25, -0.2) is 9.13 Å². The van der Waals surface area contributed by atoms with E-state index in [9.17, 15) is 43.2 Å². The zero-order chi connectivity index (χ0) is 78.9. The number of aliphatic hydroxyl groups is 1. The quantitative estimate of drug-likeness (QED) is 0.0169. The molecular formula is C89H152O17P2. The number of ether oxygens (including phenoxy) is 4. The molecule has 0 aliphatic heterocycles. The van der Waals surface area contributed by atoms with Crippen molar-refractivity contribution in [2.75, 3.05) is 39.6 Å². The molecule has 0 aromatic carbocycles. The van der Waals surface area contributed by atoms with E-state index in [2.05, 4.69) is 131 Å². The number of carbonyl (C=O) groups excluding carboxylic acids is 4. The molecule has 0 radical (unpaired) electrons. The third-order valence-electron chi connectivity index (χ3n) is 17.6. The van der Waals surface area contributed by atoms with Gasteiger partial charge >= 0.3 is 39.5 Å². The van der Waals surface area contributed by atoms with Crippen LogP contribution in [0.15, 0.2) is 134 Å². The molecule has 0 aliphatic carbocycles. The molecule has 0 bridgehead atoms. The summed E-state index contributed by atoms with van der Waals surface area (Å²) >= 11 is 0. The van der Waals surface area contributed by atoms with Gasteiger partial charge in [-0.1, -0.05) is 328 Å². The third-order valence-corrected chi connectivity index (χ3v) is 19.5. The number of carbonyl (C=O) groups is 4. The largest absolute Gasteiger partial charge is 0.472 e. The minimum Gasteiger partial charge on any atom is -0.462 e. The van der Waals surface area contributed by atoms with Crippen molar-refractivity contribution in [3.05, 3.63) is 134 Å². The fourth-order valence-electron chi connectivity index (χ4n) is 11.1. The number of phosphoric ester groups is 2. The normalized spacial score (nSPS) is 14.5. The van der Waals surface area contributed by atoms with Gasteiger partial charge in [0.1, 0.15) is 19.3 Å². The van der Waals surface area contributed by atoms with Crippen LogP contribution in [0, 0.1) is 0 Å². The highest BCUT2D eigenvalue weighted by molar-refractivity contribution is 7.47. The van der Waals surface area contributed by atoms with Crippen LogP contribution in [-0.2, 0) is 65.4 Å². The van der Waals surface area contributed by atoms with Gasteiger partial charge in [-0.3, -0.25) is 37.3 Å². The summed E-state index contributed by atoms with van der Waals surface area (Å²) in [6, 6.07) is 0. The van der Waals surface area contributed by atoms with Gasteiger partial charge in [-0.2, -0.15) is 0 Å². The fourth-order valence-corrected chi connectivity index (χ4v) is 12.7. The van der Waals surface area contributed by atoms with Crippen LogP contribution in [0.4, 0.5) is 0 Å². The second-order valence-corrected chi connectivity index (χ2v) is 31.0. The van der Waals surface area contributed by atoms with E-state index in [-0.39, 0.29) is 25.7 Å². The lowest BCUT2D eigenvalue weighted by Crippen LogP contribution is -2.30. The van der Waals surface area contributed by atoms with Gasteiger partial charge in [0.15, 0.2) is 12.2 Å². The number of allylic oxidation sites excluding steroid dienone is 22. The van der Waals surface area contributed by atoms with Crippen molar-refractivity contribution in [2.45, 2.75) is 367 Å². The van der Waals surface area contributed by atoms with Gasteiger partial charge in [0, 0.05) is 25.7 Å². The molecule has 0 rings (SSSR count). The summed E-state index contributed by atoms with van der Waals surface area (Å²) in [5.41, 5.74) is 0. The average Bonchev–Trinajstić information content (AvgIpc) is 0.914. The molecule has 19 heteroatoms. The van der Waals surface area contributed by atoms with Crippen LogP contribution in [-0.4, -0.2) is 96.7 Å². The second-order valence-electron chi connectivity index (χ2n) is 28.1. The first-order valence-corrected chi connectivity index (χ1v) is 45.4. The van der Waals surface area contributed by atoms with E-state index >= 15 is 0 Å². The van der Waals surface area contributed by atoms with Gasteiger partial charge < -0.3 is 33.8 Å². The van der Waals surface area contributed by atoms with Gasteiger partial charge in [0.05, 0.1) is 26.4 Å². The van der Waals surface area contributed by atoms with Crippen LogP contribution >= 0.6 is 15.6 Å². The molecule has 0 fully saturated rings. The van der Waals surface area contributed by atoms with E-state index in [0.29, 0.717) is 38.5 Å². The number of rotatable bonds is 79.